The minimum Gasteiger partial charge on any atom is -0.307 e. The number of fused-ring (bicyclic) bond motifs is 1. The van der Waals surface area contributed by atoms with E-state index >= 15 is 0 Å². The maximum Gasteiger partial charge on any atom is 0.161 e. The summed E-state index contributed by atoms with van der Waals surface area (Å²) in [7, 11) is 0. The number of aromatic nitrogens is 2. The van der Waals surface area contributed by atoms with Crippen molar-refractivity contribution in [2.75, 3.05) is 5.43 Å². The molecule has 0 spiro atoms. The van der Waals surface area contributed by atoms with Crippen LogP contribution in [0.2, 0.25) is 0 Å². The molecular formula is C7H8N4S. The third-order valence-corrected chi connectivity index (χ3v) is 2.46. The first-order chi connectivity index (χ1) is 5.81. The van der Waals surface area contributed by atoms with E-state index in [4.69, 9.17) is 5.84 Å². The summed E-state index contributed by atoms with van der Waals surface area (Å²) in [6, 6.07) is 1.95. The molecule has 4 nitrogen and oxygen atoms in total. The highest BCUT2D eigenvalue weighted by molar-refractivity contribution is 7.17. The standard InChI is InChI=1S/C7H8N4S/c1-4-9-5-2-3-12-6(5)7(10-4)11-8/h2-3H,8H2,1H3,(H,9,10,11). The van der Waals surface area contributed by atoms with E-state index in [0.29, 0.717) is 5.82 Å². The average molecular weight is 180 g/mol. The Balaban J connectivity index is 2.80. The van der Waals surface area contributed by atoms with Crippen LogP contribution < -0.4 is 11.3 Å². The van der Waals surface area contributed by atoms with Gasteiger partial charge in [0.2, 0.25) is 0 Å². The van der Waals surface area contributed by atoms with Crippen LogP contribution in [0.4, 0.5) is 5.82 Å². The summed E-state index contributed by atoms with van der Waals surface area (Å²) in [5, 5.41) is 1.97. The molecule has 0 aliphatic rings. The summed E-state index contributed by atoms with van der Waals surface area (Å²) >= 11 is 1.58. The third kappa shape index (κ3) is 1.03. The van der Waals surface area contributed by atoms with Crippen molar-refractivity contribution in [3.8, 4) is 0 Å². The zero-order valence-corrected chi connectivity index (χ0v) is 7.35. The van der Waals surface area contributed by atoms with Crippen molar-refractivity contribution in [1.29, 1.82) is 0 Å². The number of hydrogen-bond acceptors (Lipinski definition) is 5. The van der Waals surface area contributed by atoms with Crippen molar-refractivity contribution in [1.82, 2.24) is 9.97 Å². The van der Waals surface area contributed by atoms with Crippen molar-refractivity contribution in [3.63, 3.8) is 0 Å². The van der Waals surface area contributed by atoms with E-state index in [1.54, 1.807) is 11.3 Å². The number of hydrazine groups is 1. The van der Waals surface area contributed by atoms with Gasteiger partial charge in [0, 0.05) is 0 Å². The minimum atomic E-state index is 0.701. The Morgan fingerprint density at radius 1 is 1.50 bits per heavy atom. The lowest BCUT2D eigenvalue weighted by Crippen LogP contribution is -2.09. The number of thiophene rings is 1. The first-order valence-electron chi connectivity index (χ1n) is 3.49. The average Bonchev–Trinajstić information content (AvgIpc) is 2.50. The fourth-order valence-corrected chi connectivity index (χ4v) is 1.86. The Bertz CT molecular complexity index is 409. The second-order valence-electron chi connectivity index (χ2n) is 2.40. The van der Waals surface area contributed by atoms with Crippen LogP contribution in [0.3, 0.4) is 0 Å². The molecule has 0 atom stereocenters. The summed E-state index contributed by atoms with van der Waals surface area (Å²) in [4.78, 5) is 8.40. The van der Waals surface area contributed by atoms with Gasteiger partial charge >= 0.3 is 0 Å². The summed E-state index contributed by atoms with van der Waals surface area (Å²) in [6.07, 6.45) is 0. The van der Waals surface area contributed by atoms with Gasteiger partial charge in [0.25, 0.3) is 0 Å². The Hall–Kier alpha value is -1.20. The van der Waals surface area contributed by atoms with E-state index in [9.17, 15) is 0 Å². The van der Waals surface area contributed by atoms with Crippen molar-refractivity contribution in [2.45, 2.75) is 6.92 Å². The molecule has 0 unspecified atom stereocenters. The van der Waals surface area contributed by atoms with Crippen LogP contribution in [0.5, 0.6) is 0 Å². The Morgan fingerprint density at radius 2 is 2.33 bits per heavy atom. The zero-order chi connectivity index (χ0) is 8.55. The van der Waals surface area contributed by atoms with Gasteiger partial charge in [0.15, 0.2) is 5.82 Å². The van der Waals surface area contributed by atoms with E-state index in [2.05, 4.69) is 15.4 Å². The molecule has 2 rings (SSSR count). The third-order valence-electron chi connectivity index (χ3n) is 1.55. The fraction of sp³-hybridized carbons (Fsp3) is 0.143. The number of nitrogen functional groups attached to an aromatic ring is 1. The number of hydrogen-bond donors (Lipinski definition) is 2. The molecule has 2 heterocycles. The molecule has 0 bridgehead atoms. The quantitative estimate of drug-likeness (QED) is 0.512. The predicted octanol–water partition coefficient (Wildman–Crippen LogP) is 1.29. The van der Waals surface area contributed by atoms with Crippen LogP contribution in [0.25, 0.3) is 10.2 Å². The van der Waals surface area contributed by atoms with Gasteiger partial charge in [-0.05, 0) is 18.4 Å². The molecule has 0 aliphatic heterocycles. The fourth-order valence-electron chi connectivity index (χ4n) is 1.08. The van der Waals surface area contributed by atoms with Crippen LogP contribution in [0.15, 0.2) is 11.4 Å². The van der Waals surface area contributed by atoms with Gasteiger partial charge in [0.1, 0.15) is 5.82 Å². The SMILES string of the molecule is Cc1nc(NN)c2sccc2n1. The van der Waals surface area contributed by atoms with E-state index in [1.165, 1.54) is 0 Å². The highest BCUT2D eigenvalue weighted by Crippen LogP contribution is 2.24. The van der Waals surface area contributed by atoms with Crippen molar-refractivity contribution in [3.05, 3.63) is 17.3 Å². The summed E-state index contributed by atoms with van der Waals surface area (Å²) in [5.74, 6) is 6.74. The molecule has 0 aromatic carbocycles. The van der Waals surface area contributed by atoms with Crippen molar-refractivity contribution in [2.24, 2.45) is 5.84 Å². The normalized spacial score (nSPS) is 10.5. The van der Waals surface area contributed by atoms with Crippen molar-refractivity contribution >= 4 is 27.4 Å². The smallest absolute Gasteiger partial charge is 0.161 e. The molecule has 0 radical (unpaired) electrons. The Kier molecular flexibility index (Phi) is 1.67. The first-order valence-corrected chi connectivity index (χ1v) is 4.37. The second kappa shape index (κ2) is 2.69. The van der Waals surface area contributed by atoms with Gasteiger partial charge in [-0.3, -0.25) is 0 Å². The maximum atomic E-state index is 5.31. The zero-order valence-electron chi connectivity index (χ0n) is 6.53. The number of nitrogens with two attached hydrogens (primary N) is 1. The monoisotopic (exact) mass is 180 g/mol. The molecule has 5 heteroatoms. The van der Waals surface area contributed by atoms with Gasteiger partial charge in [-0.15, -0.1) is 11.3 Å². The lowest BCUT2D eigenvalue weighted by Gasteiger charge is -2.00. The van der Waals surface area contributed by atoms with E-state index in [0.717, 1.165) is 16.0 Å². The molecule has 2 aromatic heterocycles. The summed E-state index contributed by atoms with van der Waals surface area (Å²) in [6.45, 7) is 1.85. The molecule has 0 amide bonds. The van der Waals surface area contributed by atoms with Gasteiger partial charge in [-0.25, -0.2) is 15.8 Å². The lowest BCUT2D eigenvalue weighted by molar-refractivity contribution is 1.08. The van der Waals surface area contributed by atoms with Gasteiger partial charge < -0.3 is 5.43 Å². The van der Waals surface area contributed by atoms with E-state index in [-0.39, 0.29) is 0 Å². The first kappa shape index (κ1) is 7.45. The number of nitrogens with zero attached hydrogens (tertiary/aromatic N) is 2. The minimum absolute atomic E-state index is 0.701. The highest BCUT2D eigenvalue weighted by Gasteiger charge is 2.04. The summed E-state index contributed by atoms with van der Waals surface area (Å²) in [5.41, 5.74) is 3.50. The molecule has 0 fully saturated rings. The Morgan fingerprint density at radius 3 is 3.08 bits per heavy atom. The van der Waals surface area contributed by atoms with Crippen LogP contribution in [0, 0.1) is 6.92 Å². The molecule has 0 aliphatic carbocycles. The molecule has 62 valence electrons. The molecule has 3 N–H and O–H groups in total. The van der Waals surface area contributed by atoms with E-state index in [1.807, 2.05) is 18.4 Å². The number of nitrogens with one attached hydrogen (secondary N) is 1. The highest BCUT2D eigenvalue weighted by atomic mass is 32.1. The van der Waals surface area contributed by atoms with Gasteiger partial charge in [-0.1, -0.05) is 0 Å². The predicted molar refractivity (Wildman–Crippen MR) is 50.0 cm³/mol. The second-order valence-corrected chi connectivity index (χ2v) is 3.31. The molecule has 0 saturated carbocycles. The van der Waals surface area contributed by atoms with Crippen LogP contribution in [0.1, 0.15) is 5.82 Å². The van der Waals surface area contributed by atoms with Crippen LogP contribution in [-0.4, -0.2) is 9.97 Å². The number of anilines is 1. The van der Waals surface area contributed by atoms with Crippen molar-refractivity contribution < 1.29 is 0 Å². The number of aryl methyl sites for hydroxylation is 1. The van der Waals surface area contributed by atoms with Crippen LogP contribution >= 0.6 is 11.3 Å². The van der Waals surface area contributed by atoms with Gasteiger partial charge in [0.05, 0.1) is 10.2 Å². The summed E-state index contributed by atoms with van der Waals surface area (Å²) < 4.78 is 1.00. The molecule has 12 heavy (non-hydrogen) atoms. The van der Waals surface area contributed by atoms with E-state index < -0.39 is 0 Å². The Labute approximate surface area is 73.4 Å². The lowest BCUT2D eigenvalue weighted by atomic mass is 10.4. The molecule has 2 aromatic rings. The maximum absolute atomic E-state index is 5.31. The largest absolute Gasteiger partial charge is 0.307 e. The topological polar surface area (TPSA) is 63.8 Å². The van der Waals surface area contributed by atoms with Gasteiger partial charge in [-0.2, -0.15) is 0 Å². The molecule has 0 saturated heterocycles. The number of rotatable bonds is 1. The molecular weight excluding hydrogens is 172 g/mol. The van der Waals surface area contributed by atoms with Crippen LogP contribution in [-0.2, 0) is 0 Å².